The van der Waals surface area contributed by atoms with Gasteiger partial charge < -0.3 is 10.4 Å². The Hall–Kier alpha value is -3.49. The molecule has 176 valence electrons. The van der Waals surface area contributed by atoms with Crippen molar-refractivity contribution in [1.82, 2.24) is 10.2 Å². The summed E-state index contributed by atoms with van der Waals surface area (Å²) in [6.45, 7) is 0. The van der Waals surface area contributed by atoms with Crippen LogP contribution in [0.3, 0.4) is 0 Å². The fourth-order valence-corrected chi connectivity index (χ4v) is 6.72. The lowest BCUT2D eigenvalue weighted by atomic mass is 10.0. The minimum Gasteiger partial charge on any atom is -0.477 e. The zero-order valence-electron chi connectivity index (χ0n) is 18.6. The molecule has 2 heterocycles. The summed E-state index contributed by atoms with van der Waals surface area (Å²) in [5.74, 6) is -1.34. The van der Waals surface area contributed by atoms with Crippen LogP contribution in [0, 0.1) is 0 Å². The van der Waals surface area contributed by atoms with Gasteiger partial charge in [0.15, 0.2) is 0 Å². The van der Waals surface area contributed by atoms with Crippen molar-refractivity contribution in [2.45, 2.75) is 22.7 Å². The lowest BCUT2D eigenvalue weighted by molar-refractivity contribution is -0.150. The van der Waals surface area contributed by atoms with E-state index in [-0.39, 0.29) is 18.0 Å². The van der Waals surface area contributed by atoms with Crippen molar-refractivity contribution in [3.8, 4) is 11.1 Å². The van der Waals surface area contributed by atoms with Gasteiger partial charge in [0, 0.05) is 15.6 Å². The quantitative estimate of drug-likeness (QED) is 0.466. The fraction of sp³-hybridized carbons (Fsp3) is 0.148. The van der Waals surface area contributed by atoms with Crippen LogP contribution in [0.1, 0.15) is 5.56 Å². The van der Waals surface area contributed by atoms with E-state index in [9.17, 15) is 19.5 Å². The number of benzene rings is 3. The number of thioether (sulfide) groups is 2. The maximum atomic E-state index is 12.9. The van der Waals surface area contributed by atoms with Crippen molar-refractivity contribution < 1.29 is 19.5 Å². The normalized spacial score (nSPS) is 19.1. The lowest BCUT2D eigenvalue weighted by Gasteiger charge is -2.49. The van der Waals surface area contributed by atoms with E-state index in [4.69, 9.17) is 0 Å². The average Bonchev–Trinajstić information content (AvgIpc) is 2.88. The molecule has 35 heavy (non-hydrogen) atoms. The van der Waals surface area contributed by atoms with Gasteiger partial charge in [-0.15, -0.1) is 11.8 Å². The van der Waals surface area contributed by atoms with Gasteiger partial charge in [0.25, 0.3) is 5.91 Å². The summed E-state index contributed by atoms with van der Waals surface area (Å²) in [6, 6.07) is 26.4. The molecule has 0 aromatic heterocycles. The third-order valence-electron chi connectivity index (χ3n) is 5.84. The Morgan fingerprint density at radius 1 is 0.971 bits per heavy atom. The number of carbonyl (C=O) groups excluding carboxylic acids is 2. The van der Waals surface area contributed by atoms with E-state index in [0.29, 0.717) is 10.7 Å². The highest BCUT2D eigenvalue weighted by atomic mass is 32.2. The molecule has 8 heteroatoms. The number of hydrogen-bond donors (Lipinski definition) is 2. The van der Waals surface area contributed by atoms with Crippen LogP contribution in [0.25, 0.3) is 11.1 Å². The number of carbonyl (C=O) groups is 3. The SMILES string of the molecule is O=C(Cc1ccccc1)N[C@@H]1C(=O)N2C(C(=O)O)=C(Sc3cccc(-c4ccccc4)c3)CS[C@H]12. The van der Waals surface area contributed by atoms with Crippen LogP contribution in [0.15, 0.2) is 100 Å². The van der Waals surface area contributed by atoms with Crippen LogP contribution in [-0.4, -0.2) is 45.0 Å². The molecular weight excluding hydrogens is 480 g/mol. The highest BCUT2D eigenvalue weighted by Gasteiger charge is 2.54. The van der Waals surface area contributed by atoms with Crippen LogP contribution < -0.4 is 5.32 Å². The molecule has 0 aliphatic carbocycles. The number of carboxylic acid groups (broad SMARTS) is 1. The van der Waals surface area contributed by atoms with Crippen LogP contribution >= 0.6 is 23.5 Å². The number of amides is 2. The summed E-state index contributed by atoms with van der Waals surface area (Å²) in [7, 11) is 0. The Balaban J connectivity index is 1.32. The van der Waals surface area contributed by atoms with Crippen LogP contribution in [0.2, 0.25) is 0 Å². The Morgan fingerprint density at radius 3 is 2.37 bits per heavy atom. The van der Waals surface area contributed by atoms with Gasteiger partial charge in [0.05, 0.1) is 6.42 Å². The molecule has 2 N–H and O–H groups in total. The zero-order valence-corrected chi connectivity index (χ0v) is 20.2. The van der Waals surface area contributed by atoms with E-state index in [1.165, 1.54) is 28.4 Å². The van der Waals surface area contributed by atoms with E-state index in [2.05, 4.69) is 5.32 Å². The van der Waals surface area contributed by atoms with Crippen molar-refractivity contribution in [2.75, 3.05) is 5.75 Å². The molecule has 3 aromatic carbocycles. The first-order valence-corrected chi connectivity index (χ1v) is 13.0. The number of fused-ring (bicyclic) bond motifs is 1. The maximum absolute atomic E-state index is 12.9. The van der Waals surface area contributed by atoms with Gasteiger partial charge in [-0.2, -0.15) is 0 Å². The number of nitrogens with zero attached hydrogens (tertiary/aromatic N) is 1. The second-order valence-electron chi connectivity index (χ2n) is 8.19. The third kappa shape index (κ3) is 4.85. The summed E-state index contributed by atoms with van der Waals surface area (Å²) in [4.78, 5) is 40.4. The van der Waals surface area contributed by atoms with Crippen molar-refractivity contribution >= 4 is 41.3 Å². The van der Waals surface area contributed by atoms with Crippen molar-refractivity contribution in [3.63, 3.8) is 0 Å². The standard InChI is InChI=1S/C27H22N2O4S2/c30-22(14-17-8-3-1-4-9-17)28-23-25(31)29-24(27(32)33)21(16-34-26(23)29)35-20-13-7-12-19(15-20)18-10-5-2-6-11-18/h1-13,15,23,26H,14,16H2,(H,28,30)(H,32,33)/t23-,26-/m1/s1. The summed E-state index contributed by atoms with van der Waals surface area (Å²) in [5.41, 5.74) is 2.97. The Morgan fingerprint density at radius 2 is 1.66 bits per heavy atom. The number of β-lactam (4-membered cyclic amide) rings is 1. The van der Waals surface area contributed by atoms with Gasteiger partial charge >= 0.3 is 5.97 Å². The Bertz CT molecular complexity index is 1310. The topological polar surface area (TPSA) is 86.7 Å². The molecular formula is C27H22N2O4S2. The summed E-state index contributed by atoms with van der Waals surface area (Å²) in [6.07, 6.45) is 0.169. The second-order valence-corrected chi connectivity index (χ2v) is 10.5. The summed E-state index contributed by atoms with van der Waals surface area (Å²) >= 11 is 2.84. The van der Waals surface area contributed by atoms with E-state index in [1.807, 2.05) is 84.9 Å². The van der Waals surface area contributed by atoms with Gasteiger partial charge in [0.1, 0.15) is 17.1 Å². The average molecular weight is 503 g/mol. The molecule has 0 bridgehead atoms. The monoisotopic (exact) mass is 502 g/mol. The first kappa shape index (κ1) is 23.3. The van der Waals surface area contributed by atoms with Gasteiger partial charge in [-0.05, 0) is 28.8 Å². The Labute approximate surface area is 211 Å². The fourth-order valence-electron chi connectivity index (χ4n) is 4.19. The number of carboxylic acids is 1. The minimum atomic E-state index is -1.14. The number of rotatable bonds is 7. The smallest absolute Gasteiger partial charge is 0.353 e. The van der Waals surface area contributed by atoms with Crippen LogP contribution in [-0.2, 0) is 20.8 Å². The molecule has 2 amide bonds. The van der Waals surface area contributed by atoms with Crippen molar-refractivity contribution in [3.05, 3.63) is 101 Å². The zero-order chi connectivity index (χ0) is 24.4. The largest absolute Gasteiger partial charge is 0.477 e. The van der Waals surface area contributed by atoms with E-state index >= 15 is 0 Å². The van der Waals surface area contributed by atoms with Gasteiger partial charge in [0.2, 0.25) is 5.91 Å². The predicted molar refractivity (Wildman–Crippen MR) is 138 cm³/mol. The van der Waals surface area contributed by atoms with E-state index < -0.39 is 23.3 Å². The highest BCUT2D eigenvalue weighted by molar-refractivity contribution is 8.06. The minimum absolute atomic E-state index is 0.00224. The molecule has 2 aliphatic rings. The van der Waals surface area contributed by atoms with Gasteiger partial charge in [-0.1, -0.05) is 84.6 Å². The molecule has 6 nitrogen and oxygen atoms in total. The summed E-state index contributed by atoms with van der Waals surface area (Å²) < 4.78 is 0. The molecule has 0 spiro atoms. The predicted octanol–water partition coefficient (Wildman–Crippen LogP) is 4.38. The van der Waals surface area contributed by atoms with Crippen LogP contribution in [0.5, 0.6) is 0 Å². The van der Waals surface area contributed by atoms with Gasteiger partial charge in [-0.25, -0.2) is 4.79 Å². The molecule has 3 aromatic rings. The number of nitrogens with one attached hydrogen (secondary N) is 1. The third-order valence-corrected chi connectivity index (χ3v) is 8.38. The van der Waals surface area contributed by atoms with Gasteiger partial charge in [-0.3, -0.25) is 14.5 Å². The molecule has 2 aliphatic heterocycles. The van der Waals surface area contributed by atoms with Crippen molar-refractivity contribution in [1.29, 1.82) is 0 Å². The molecule has 0 unspecified atom stereocenters. The molecule has 1 saturated heterocycles. The van der Waals surface area contributed by atoms with Crippen molar-refractivity contribution in [2.24, 2.45) is 0 Å². The van der Waals surface area contributed by atoms with E-state index in [1.54, 1.807) is 0 Å². The first-order chi connectivity index (χ1) is 17.0. The molecule has 2 atom stereocenters. The number of aliphatic carboxylic acids is 1. The lowest BCUT2D eigenvalue weighted by Crippen LogP contribution is -2.70. The van der Waals surface area contributed by atoms with E-state index in [0.717, 1.165) is 21.6 Å². The van der Waals surface area contributed by atoms with Crippen LogP contribution in [0.4, 0.5) is 0 Å². The molecule has 5 rings (SSSR count). The first-order valence-electron chi connectivity index (χ1n) is 11.1. The highest BCUT2D eigenvalue weighted by Crippen LogP contribution is 2.45. The molecule has 1 fully saturated rings. The Kier molecular flexibility index (Phi) is 6.66. The molecule has 0 radical (unpaired) electrons. The number of hydrogen-bond acceptors (Lipinski definition) is 5. The maximum Gasteiger partial charge on any atom is 0.353 e. The second kappa shape index (κ2) is 10.0. The molecule has 0 saturated carbocycles. The summed E-state index contributed by atoms with van der Waals surface area (Å²) in [5, 5.41) is 12.3.